The molecule has 2 heteroatoms. The second-order valence-electron chi connectivity index (χ2n) is 3.61. The van der Waals surface area contributed by atoms with Crippen LogP contribution in [0.5, 0.6) is 0 Å². The van der Waals surface area contributed by atoms with Crippen molar-refractivity contribution >= 4 is 0 Å². The molecule has 12 heavy (non-hydrogen) atoms. The van der Waals surface area contributed by atoms with E-state index in [0.717, 1.165) is 13.1 Å². The Morgan fingerprint density at radius 2 is 0.917 bits per heavy atom. The number of nitrogens with zero attached hydrogens (tertiary/aromatic N) is 2. The van der Waals surface area contributed by atoms with Crippen LogP contribution in [0.1, 0.15) is 26.7 Å². The fraction of sp³-hybridized carbons (Fsp3) is 1.00. The second-order valence-corrected chi connectivity index (χ2v) is 3.61. The number of hydrogen-bond donors (Lipinski definition) is 0. The van der Waals surface area contributed by atoms with Gasteiger partial charge < -0.3 is 9.80 Å². The smallest absolute Gasteiger partial charge is 0.0103 e. The van der Waals surface area contributed by atoms with Crippen molar-refractivity contribution in [1.82, 2.24) is 9.80 Å². The Labute approximate surface area is 78.5 Å². The lowest BCUT2D eigenvalue weighted by Crippen LogP contribution is -2.25. The van der Waals surface area contributed by atoms with E-state index in [1.807, 2.05) is 0 Å². The quantitative estimate of drug-likeness (QED) is 0.642. The van der Waals surface area contributed by atoms with Gasteiger partial charge in [-0.15, -0.1) is 0 Å². The number of unbranched alkanes of at least 4 members (excludes halogenated alkanes) is 1. The van der Waals surface area contributed by atoms with Crippen molar-refractivity contribution in [3.05, 3.63) is 0 Å². The molecule has 0 fully saturated rings. The highest BCUT2D eigenvalue weighted by Gasteiger charge is 1.89. The Balaban J connectivity index is 0. The maximum absolute atomic E-state index is 2.18. The van der Waals surface area contributed by atoms with E-state index in [0.29, 0.717) is 0 Å². The molecule has 0 saturated heterocycles. The Bertz CT molecular complexity index is 60.2. The van der Waals surface area contributed by atoms with Crippen LogP contribution >= 0.6 is 0 Å². The first kappa shape index (κ1) is 14.4. The molecule has 76 valence electrons. The summed E-state index contributed by atoms with van der Waals surface area (Å²) in [5.74, 6) is 0. The molecule has 0 aromatic rings. The normalized spacial score (nSPS) is 10.0. The molecule has 2 nitrogen and oxygen atoms in total. The molecule has 0 unspecified atom stereocenters. The van der Waals surface area contributed by atoms with E-state index in [9.17, 15) is 0 Å². The van der Waals surface area contributed by atoms with Gasteiger partial charge in [0.05, 0.1) is 0 Å². The third-order valence-corrected chi connectivity index (χ3v) is 1.49. The summed E-state index contributed by atoms with van der Waals surface area (Å²) in [5.41, 5.74) is 0. The van der Waals surface area contributed by atoms with Gasteiger partial charge in [-0.2, -0.15) is 0 Å². The van der Waals surface area contributed by atoms with Gasteiger partial charge in [0.1, 0.15) is 0 Å². The van der Waals surface area contributed by atoms with Crippen molar-refractivity contribution < 1.29 is 0 Å². The number of hydrogen-bond acceptors (Lipinski definition) is 2. The Morgan fingerprint density at radius 3 is 1.00 bits per heavy atom. The molecule has 0 aromatic carbocycles. The fourth-order valence-electron chi connectivity index (χ4n) is 0.400. The lowest BCUT2D eigenvalue weighted by molar-refractivity contribution is 0.320. The van der Waals surface area contributed by atoms with Crippen molar-refractivity contribution in [1.29, 1.82) is 0 Å². The van der Waals surface area contributed by atoms with E-state index >= 15 is 0 Å². The molecule has 0 rings (SSSR count). The lowest BCUT2D eigenvalue weighted by Gasteiger charge is -2.13. The van der Waals surface area contributed by atoms with Gasteiger partial charge in [0.25, 0.3) is 0 Å². The molecule has 0 bridgehead atoms. The Hall–Kier alpha value is -0.0800. The van der Waals surface area contributed by atoms with Crippen molar-refractivity contribution in [2.24, 2.45) is 0 Å². The molecule has 0 atom stereocenters. The highest BCUT2D eigenvalue weighted by molar-refractivity contribution is 4.45. The van der Waals surface area contributed by atoms with Crippen LogP contribution in [0, 0.1) is 0 Å². The van der Waals surface area contributed by atoms with Crippen LogP contribution in [-0.4, -0.2) is 51.1 Å². The Morgan fingerprint density at radius 1 is 0.667 bits per heavy atom. The molecule has 0 spiro atoms. The predicted octanol–water partition coefficient (Wildman–Crippen LogP) is 1.92. The van der Waals surface area contributed by atoms with Gasteiger partial charge in [-0.1, -0.05) is 26.7 Å². The number of likely N-dealkylation sites (N-methyl/N-ethyl adjacent to an activating group) is 2. The minimum absolute atomic E-state index is 1.15. The van der Waals surface area contributed by atoms with Crippen LogP contribution in [-0.2, 0) is 0 Å². The van der Waals surface area contributed by atoms with Gasteiger partial charge >= 0.3 is 0 Å². The van der Waals surface area contributed by atoms with Crippen molar-refractivity contribution in [3.63, 3.8) is 0 Å². The Kier molecular flexibility index (Phi) is 13.1. The molecule has 0 amide bonds. The summed E-state index contributed by atoms with van der Waals surface area (Å²) in [4.78, 5) is 4.36. The second kappa shape index (κ2) is 10.9. The molecule has 0 aliphatic heterocycles. The van der Waals surface area contributed by atoms with Crippen molar-refractivity contribution in [2.45, 2.75) is 26.7 Å². The maximum Gasteiger partial charge on any atom is 0.0103 e. The van der Waals surface area contributed by atoms with Crippen molar-refractivity contribution in [3.8, 4) is 0 Å². The molecular formula is C10H26N2. The predicted molar refractivity (Wildman–Crippen MR) is 57.7 cm³/mol. The van der Waals surface area contributed by atoms with Crippen LogP contribution in [0.4, 0.5) is 0 Å². The molecule has 0 aliphatic carbocycles. The van der Waals surface area contributed by atoms with Crippen molar-refractivity contribution in [2.75, 3.05) is 41.3 Å². The summed E-state index contributed by atoms with van der Waals surface area (Å²) in [6, 6.07) is 0. The first-order valence-corrected chi connectivity index (χ1v) is 4.84. The van der Waals surface area contributed by atoms with E-state index in [4.69, 9.17) is 0 Å². The molecule has 0 aliphatic rings. The summed E-state index contributed by atoms with van der Waals surface area (Å²) < 4.78 is 0. The number of rotatable bonds is 4. The van der Waals surface area contributed by atoms with Crippen LogP contribution in [0.15, 0.2) is 0 Å². The van der Waals surface area contributed by atoms with Gasteiger partial charge in [-0.05, 0) is 28.2 Å². The summed E-state index contributed by atoms with van der Waals surface area (Å²) in [6.45, 7) is 6.65. The lowest BCUT2D eigenvalue weighted by atomic mass is 10.4. The highest BCUT2D eigenvalue weighted by Crippen LogP contribution is 1.77. The monoisotopic (exact) mass is 174 g/mol. The van der Waals surface area contributed by atoms with E-state index in [1.54, 1.807) is 0 Å². The van der Waals surface area contributed by atoms with Crippen LogP contribution in [0.3, 0.4) is 0 Å². The largest absolute Gasteiger partial charge is 0.308 e. The van der Waals surface area contributed by atoms with Gasteiger partial charge in [-0.25, -0.2) is 0 Å². The van der Waals surface area contributed by atoms with E-state index in [2.05, 4.69) is 51.8 Å². The highest BCUT2D eigenvalue weighted by atomic mass is 15.1. The average molecular weight is 174 g/mol. The minimum atomic E-state index is 1.15. The zero-order chi connectivity index (χ0) is 9.98. The van der Waals surface area contributed by atoms with Gasteiger partial charge in [0, 0.05) is 13.1 Å². The molecule has 0 heterocycles. The van der Waals surface area contributed by atoms with Gasteiger partial charge in [0.2, 0.25) is 0 Å². The van der Waals surface area contributed by atoms with E-state index in [1.165, 1.54) is 12.8 Å². The minimum Gasteiger partial charge on any atom is -0.308 e. The zero-order valence-corrected chi connectivity index (χ0v) is 9.72. The van der Waals surface area contributed by atoms with Gasteiger partial charge in [0.15, 0.2) is 0 Å². The van der Waals surface area contributed by atoms with Gasteiger partial charge in [-0.3, -0.25) is 0 Å². The summed E-state index contributed by atoms with van der Waals surface area (Å²) in [6.07, 6.45) is 2.64. The maximum atomic E-state index is 2.18. The first-order valence-electron chi connectivity index (χ1n) is 4.84. The summed E-state index contributed by atoms with van der Waals surface area (Å²) >= 11 is 0. The first-order chi connectivity index (χ1) is 5.54. The average Bonchev–Trinajstić information content (AvgIpc) is 2.01. The zero-order valence-electron chi connectivity index (χ0n) is 9.72. The molecular weight excluding hydrogens is 148 g/mol. The van der Waals surface area contributed by atoms with Crippen LogP contribution in [0.25, 0.3) is 0 Å². The molecule has 0 aromatic heterocycles. The molecule has 0 N–H and O–H groups in total. The van der Waals surface area contributed by atoms with Crippen LogP contribution in [0.2, 0.25) is 0 Å². The standard InChI is InChI=1S/C6H16N2.C4H10/c1-7(2)5-6-8(3)4;1-3-4-2/h5-6H2,1-4H3;3-4H2,1-2H3. The topological polar surface area (TPSA) is 6.48 Å². The third-order valence-electron chi connectivity index (χ3n) is 1.49. The molecule has 0 saturated carbocycles. The van der Waals surface area contributed by atoms with Crippen LogP contribution < -0.4 is 0 Å². The third kappa shape index (κ3) is 22.5. The molecule has 0 radical (unpaired) electrons. The fourth-order valence-corrected chi connectivity index (χ4v) is 0.400. The van der Waals surface area contributed by atoms with E-state index < -0.39 is 0 Å². The SMILES string of the molecule is CCCC.CN(C)CCN(C)C. The summed E-state index contributed by atoms with van der Waals surface area (Å²) in [7, 11) is 8.35. The van der Waals surface area contributed by atoms with E-state index in [-0.39, 0.29) is 0 Å². The summed E-state index contributed by atoms with van der Waals surface area (Å²) in [5, 5.41) is 0.